The molecule has 0 atom stereocenters. The molecule has 0 saturated heterocycles. The zero-order chi connectivity index (χ0) is 13.0. The molecule has 0 unspecified atom stereocenters. The van der Waals surface area contributed by atoms with E-state index in [0.29, 0.717) is 24.4 Å². The first kappa shape index (κ1) is 11.7. The molecular formula is C14H22N4O. The number of hydrogen-bond acceptors (Lipinski definition) is 4. The Morgan fingerprint density at radius 3 is 2.37 bits per heavy atom. The Morgan fingerprint density at radius 2 is 1.79 bits per heavy atom. The second-order valence-corrected chi connectivity index (χ2v) is 6.76. The first-order valence-corrected chi connectivity index (χ1v) is 7.56. The summed E-state index contributed by atoms with van der Waals surface area (Å²) in [5.41, 5.74) is 8.84. The van der Waals surface area contributed by atoms with Gasteiger partial charge in [0.05, 0.1) is 12.6 Å². The average molecular weight is 262 g/mol. The number of nitrogens with zero attached hydrogens (tertiary/aromatic N) is 2. The van der Waals surface area contributed by atoms with E-state index in [1.807, 2.05) is 5.01 Å². The number of aliphatic imine (C=N–C) groups is 1. The summed E-state index contributed by atoms with van der Waals surface area (Å²) in [6, 6.07) is 0.386. The summed E-state index contributed by atoms with van der Waals surface area (Å²) in [6.07, 6.45) is 6.71. The lowest BCUT2D eigenvalue weighted by Gasteiger charge is -2.57. The largest absolute Gasteiger partial charge is 0.324 e. The molecular weight excluding hydrogens is 240 g/mol. The number of hydrazine groups is 1. The normalized spacial score (nSPS) is 44.3. The summed E-state index contributed by atoms with van der Waals surface area (Å²) in [7, 11) is 0. The van der Waals surface area contributed by atoms with E-state index in [0.717, 1.165) is 17.7 Å². The molecule has 3 N–H and O–H groups in total. The van der Waals surface area contributed by atoms with E-state index in [1.165, 1.54) is 32.1 Å². The maximum atomic E-state index is 12.2. The fraction of sp³-hybridized carbons (Fsp3) is 0.857. The Bertz CT molecular complexity index is 405. The van der Waals surface area contributed by atoms with Crippen molar-refractivity contribution in [2.45, 2.75) is 38.1 Å². The second kappa shape index (κ2) is 4.20. The minimum absolute atomic E-state index is 0.120. The molecule has 0 radical (unpaired) electrons. The maximum absolute atomic E-state index is 12.2. The van der Waals surface area contributed by atoms with Crippen LogP contribution in [0.1, 0.15) is 32.1 Å². The van der Waals surface area contributed by atoms with Gasteiger partial charge in [-0.25, -0.2) is 0 Å². The third-order valence-corrected chi connectivity index (χ3v) is 5.59. The van der Waals surface area contributed by atoms with Gasteiger partial charge < -0.3 is 5.73 Å². The minimum Gasteiger partial charge on any atom is -0.324 e. The summed E-state index contributed by atoms with van der Waals surface area (Å²) >= 11 is 0. The molecule has 5 rings (SSSR count). The molecule has 5 aliphatic rings. The Kier molecular flexibility index (Phi) is 2.59. The molecule has 104 valence electrons. The fourth-order valence-electron chi connectivity index (χ4n) is 5.15. The second-order valence-electron chi connectivity index (χ2n) is 6.76. The van der Waals surface area contributed by atoms with Gasteiger partial charge in [-0.3, -0.25) is 20.2 Å². The van der Waals surface area contributed by atoms with Crippen LogP contribution in [0.4, 0.5) is 0 Å². The van der Waals surface area contributed by atoms with Crippen molar-refractivity contribution in [1.29, 1.82) is 0 Å². The SMILES string of the molecule is NCC1=NCC(=O)N(C2C3CC4CC(C3)CC2C4)N1. The number of carbonyl (C=O) groups is 1. The zero-order valence-electron chi connectivity index (χ0n) is 11.2. The van der Waals surface area contributed by atoms with Crippen LogP contribution < -0.4 is 11.2 Å². The van der Waals surface area contributed by atoms with E-state index in [4.69, 9.17) is 5.73 Å². The predicted molar refractivity (Wildman–Crippen MR) is 72.2 cm³/mol. The summed E-state index contributed by atoms with van der Waals surface area (Å²) in [6.45, 7) is 0.652. The van der Waals surface area contributed by atoms with Gasteiger partial charge in [0.15, 0.2) is 0 Å². The van der Waals surface area contributed by atoms with Gasteiger partial charge in [0.25, 0.3) is 5.91 Å². The van der Waals surface area contributed by atoms with Crippen molar-refractivity contribution in [2.24, 2.45) is 34.4 Å². The minimum atomic E-state index is 0.120. The monoisotopic (exact) mass is 262 g/mol. The summed E-state index contributed by atoms with van der Waals surface area (Å²) < 4.78 is 0. The predicted octanol–water partition coefficient (Wildman–Crippen LogP) is 0.515. The van der Waals surface area contributed by atoms with Crippen LogP contribution in [0.3, 0.4) is 0 Å². The third kappa shape index (κ3) is 1.78. The fourth-order valence-corrected chi connectivity index (χ4v) is 5.15. The molecule has 0 aromatic heterocycles. The van der Waals surface area contributed by atoms with Crippen LogP contribution in [0.25, 0.3) is 0 Å². The van der Waals surface area contributed by atoms with Crippen LogP contribution in [0.15, 0.2) is 4.99 Å². The van der Waals surface area contributed by atoms with Crippen molar-refractivity contribution in [1.82, 2.24) is 10.4 Å². The highest BCUT2D eigenvalue weighted by Crippen LogP contribution is 2.54. The zero-order valence-corrected chi connectivity index (χ0v) is 11.2. The van der Waals surface area contributed by atoms with E-state index >= 15 is 0 Å². The highest BCUT2D eigenvalue weighted by atomic mass is 16.2. The molecule has 19 heavy (non-hydrogen) atoms. The smallest absolute Gasteiger partial charge is 0.262 e. The molecule has 0 aromatic carbocycles. The van der Waals surface area contributed by atoms with Crippen LogP contribution in [0.2, 0.25) is 0 Å². The van der Waals surface area contributed by atoms with Gasteiger partial charge in [0.1, 0.15) is 12.4 Å². The van der Waals surface area contributed by atoms with Crippen molar-refractivity contribution >= 4 is 11.7 Å². The van der Waals surface area contributed by atoms with Crippen LogP contribution in [-0.2, 0) is 4.79 Å². The molecule has 0 aromatic rings. The number of amidine groups is 1. The van der Waals surface area contributed by atoms with Gasteiger partial charge in [-0.05, 0) is 55.8 Å². The number of carbonyl (C=O) groups excluding carboxylic acids is 1. The molecule has 4 saturated carbocycles. The van der Waals surface area contributed by atoms with Crippen molar-refractivity contribution in [2.75, 3.05) is 13.1 Å². The van der Waals surface area contributed by atoms with E-state index < -0.39 is 0 Å². The van der Waals surface area contributed by atoms with Gasteiger partial charge in [-0.15, -0.1) is 0 Å². The lowest BCUT2D eigenvalue weighted by atomic mass is 9.54. The molecule has 4 fully saturated rings. The highest BCUT2D eigenvalue weighted by Gasteiger charge is 2.51. The Hall–Kier alpha value is -1.10. The van der Waals surface area contributed by atoms with Crippen molar-refractivity contribution in [3.8, 4) is 0 Å². The first-order chi connectivity index (χ1) is 9.24. The molecule has 4 bridgehead atoms. The molecule has 4 aliphatic carbocycles. The maximum Gasteiger partial charge on any atom is 0.262 e. The van der Waals surface area contributed by atoms with Gasteiger partial charge >= 0.3 is 0 Å². The first-order valence-electron chi connectivity index (χ1n) is 7.56. The van der Waals surface area contributed by atoms with E-state index in [2.05, 4.69) is 10.4 Å². The van der Waals surface area contributed by atoms with Gasteiger partial charge in [0, 0.05) is 0 Å². The van der Waals surface area contributed by atoms with Gasteiger partial charge in [-0.1, -0.05) is 0 Å². The average Bonchev–Trinajstić information content (AvgIpc) is 2.39. The quantitative estimate of drug-likeness (QED) is 0.762. The van der Waals surface area contributed by atoms with E-state index in [-0.39, 0.29) is 12.5 Å². The van der Waals surface area contributed by atoms with Crippen molar-refractivity contribution < 1.29 is 4.79 Å². The van der Waals surface area contributed by atoms with Gasteiger partial charge in [0.2, 0.25) is 0 Å². The van der Waals surface area contributed by atoms with E-state index in [1.54, 1.807) is 0 Å². The summed E-state index contributed by atoms with van der Waals surface area (Å²) in [5.74, 6) is 4.14. The lowest BCUT2D eigenvalue weighted by Crippen LogP contribution is -2.64. The molecule has 1 amide bonds. The van der Waals surface area contributed by atoms with Crippen molar-refractivity contribution in [3.63, 3.8) is 0 Å². The van der Waals surface area contributed by atoms with Crippen LogP contribution in [-0.4, -0.2) is 35.9 Å². The standard InChI is InChI=1S/C14H22N4O/c15-6-12-16-7-13(19)18(17-12)14-10-2-8-1-9(4-10)5-11(14)3-8/h8-11,14H,1-7,15H2,(H,16,17). The highest BCUT2D eigenvalue weighted by molar-refractivity contribution is 5.92. The number of nitrogens with one attached hydrogen (secondary N) is 1. The third-order valence-electron chi connectivity index (χ3n) is 5.59. The van der Waals surface area contributed by atoms with Crippen LogP contribution in [0.5, 0.6) is 0 Å². The lowest BCUT2D eigenvalue weighted by molar-refractivity contribution is -0.146. The Balaban J connectivity index is 1.59. The number of hydrogen-bond donors (Lipinski definition) is 2. The molecule has 5 nitrogen and oxygen atoms in total. The number of rotatable bonds is 2. The van der Waals surface area contributed by atoms with Crippen LogP contribution >= 0.6 is 0 Å². The Labute approximate surface area is 113 Å². The summed E-state index contributed by atoms with van der Waals surface area (Å²) in [5, 5.41) is 1.89. The summed E-state index contributed by atoms with van der Waals surface area (Å²) in [4.78, 5) is 16.4. The van der Waals surface area contributed by atoms with Gasteiger partial charge in [-0.2, -0.15) is 0 Å². The van der Waals surface area contributed by atoms with Crippen molar-refractivity contribution in [3.05, 3.63) is 0 Å². The molecule has 1 aliphatic heterocycles. The number of nitrogens with two attached hydrogens (primary N) is 1. The topological polar surface area (TPSA) is 70.7 Å². The molecule has 5 heteroatoms. The van der Waals surface area contributed by atoms with E-state index in [9.17, 15) is 4.79 Å². The van der Waals surface area contributed by atoms with Crippen LogP contribution in [0, 0.1) is 23.7 Å². The molecule has 1 heterocycles. The number of amides is 1. The molecule has 0 spiro atoms. The Morgan fingerprint density at radius 1 is 1.16 bits per heavy atom.